The van der Waals surface area contributed by atoms with Crippen molar-refractivity contribution in [2.24, 2.45) is 5.41 Å². The van der Waals surface area contributed by atoms with Crippen molar-refractivity contribution in [2.75, 3.05) is 31.9 Å². The van der Waals surface area contributed by atoms with Gasteiger partial charge < -0.3 is 15.6 Å². The maximum absolute atomic E-state index is 13.5. The number of aromatic nitrogens is 3. The number of amides is 1. The van der Waals surface area contributed by atoms with E-state index in [1.807, 2.05) is 45.9 Å². The lowest BCUT2D eigenvalue weighted by atomic mass is 9.78. The molecule has 3 aromatic rings. The first kappa shape index (κ1) is 21.7. The quantitative estimate of drug-likeness (QED) is 0.639. The first-order chi connectivity index (χ1) is 15.9. The van der Waals surface area contributed by atoms with Crippen LogP contribution in [0, 0.1) is 5.41 Å². The van der Waals surface area contributed by atoms with Crippen LogP contribution in [-0.4, -0.2) is 56.4 Å². The number of nitrogens with one attached hydrogen (secondary N) is 1. The maximum atomic E-state index is 13.5. The lowest BCUT2D eigenvalue weighted by molar-refractivity contribution is -0.145. The van der Waals surface area contributed by atoms with Crippen molar-refractivity contribution < 1.29 is 4.79 Å². The van der Waals surface area contributed by atoms with Crippen LogP contribution in [0.3, 0.4) is 0 Å². The molecule has 4 heterocycles. The zero-order valence-corrected chi connectivity index (χ0v) is 19.2. The summed E-state index contributed by atoms with van der Waals surface area (Å²) in [4.78, 5) is 37.4. The van der Waals surface area contributed by atoms with Crippen LogP contribution in [0.2, 0.25) is 0 Å². The highest BCUT2D eigenvalue weighted by Gasteiger charge is 2.40. The number of nitrogens with two attached hydrogens (primary N) is 1. The first-order valence-electron chi connectivity index (χ1n) is 11.8. The molecule has 2 aliphatic heterocycles. The van der Waals surface area contributed by atoms with Crippen LogP contribution in [-0.2, 0) is 11.3 Å². The number of nitrogens with zero attached hydrogens (tertiary/aromatic N) is 4. The van der Waals surface area contributed by atoms with E-state index in [0.717, 1.165) is 61.9 Å². The van der Waals surface area contributed by atoms with E-state index >= 15 is 0 Å². The average molecular weight is 449 g/mol. The standard InChI is InChI=1S/C25H32N6O2/c1-25(9-14-29(15-10-25)17-18-6-11-27-22(26)16-18)23(32)30-12-7-19(8-13-30)31-21-5-3-2-4-20(21)28-24(31)33/h2-6,11,16,19H,7-10,12-15,17H2,1H3,(H2,26,27)(H,28,33). The van der Waals surface area contributed by atoms with E-state index in [2.05, 4.69) is 21.8 Å². The molecule has 0 bridgehead atoms. The Bertz CT molecular complexity index is 1200. The van der Waals surface area contributed by atoms with Gasteiger partial charge in [0.2, 0.25) is 5.91 Å². The highest BCUT2D eigenvalue weighted by Crippen LogP contribution is 2.35. The van der Waals surface area contributed by atoms with Gasteiger partial charge in [0, 0.05) is 37.3 Å². The first-order valence-corrected chi connectivity index (χ1v) is 11.8. The minimum absolute atomic E-state index is 0.0590. The summed E-state index contributed by atoms with van der Waals surface area (Å²) in [6.07, 6.45) is 5.07. The van der Waals surface area contributed by atoms with Gasteiger partial charge in [0.1, 0.15) is 5.82 Å². The van der Waals surface area contributed by atoms with Gasteiger partial charge in [0.05, 0.1) is 11.0 Å². The molecule has 0 saturated carbocycles. The van der Waals surface area contributed by atoms with Crippen molar-refractivity contribution in [3.63, 3.8) is 0 Å². The molecule has 1 amide bonds. The average Bonchev–Trinajstić information content (AvgIpc) is 3.16. The number of carbonyl (C=O) groups is 1. The summed E-state index contributed by atoms with van der Waals surface area (Å²) in [5.41, 5.74) is 8.40. The van der Waals surface area contributed by atoms with Crippen LogP contribution < -0.4 is 11.4 Å². The number of nitrogen functional groups attached to an aromatic ring is 1. The lowest BCUT2D eigenvalue weighted by Crippen LogP contribution is -2.51. The molecule has 8 heteroatoms. The third-order valence-corrected chi connectivity index (χ3v) is 7.47. The summed E-state index contributed by atoms with van der Waals surface area (Å²) in [6, 6.07) is 11.9. The topological polar surface area (TPSA) is 100 Å². The largest absolute Gasteiger partial charge is 0.384 e. The number of anilines is 1. The van der Waals surface area contributed by atoms with E-state index in [4.69, 9.17) is 5.73 Å². The van der Waals surface area contributed by atoms with Gasteiger partial charge in [0.15, 0.2) is 0 Å². The van der Waals surface area contributed by atoms with E-state index in [1.54, 1.807) is 6.20 Å². The third kappa shape index (κ3) is 4.27. The van der Waals surface area contributed by atoms with Gasteiger partial charge >= 0.3 is 5.69 Å². The zero-order chi connectivity index (χ0) is 23.0. The molecule has 0 unspecified atom stereocenters. The highest BCUT2D eigenvalue weighted by molar-refractivity contribution is 5.82. The predicted molar refractivity (Wildman–Crippen MR) is 129 cm³/mol. The number of para-hydroxylation sites is 2. The Hall–Kier alpha value is -3.13. The second-order valence-corrected chi connectivity index (χ2v) is 9.77. The zero-order valence-electron chi connectivity index (χ0n) is 19.2. The molecule has 2 aliphatic rings. The summed E-state index contributed by atoms with van der Waals surface area (Å²) in [5, 5.41) is 0. The van der Waals surface area contributed by atoms with Crippen LogP contribution in [0.1, 0.15) is 44.2 Å². The number of hydrogen-bond donors (Lipinski definition) is 2. The Morgan fingerprint density at radius 1 is 1.15 bits per heavy atom. The fourth-order valence-corrected chi connectivity index (χ4v) is 5.42. The van der Waals surface area contributed by atoms with Crippen LogP contribution >= 0.6 is 0 Å². The number of fused-ring (bicyclic) bond motifs is 1. The molecular formula is C25H32N6O2. The molecule has 3 N–H and O–H groups in total. The molecule has 8 nitrogen and oxygen atoms in total. The predicted octanol–water partition coefficient (Wildman–Crippen LogP) is 2.77. The van der Waals surface area contributed by atoms with Crippen LogP contribution in [0.25, 0.3) is 11.0 Å². The number of benzene rings is 1. The Labute approximate surface area is 193 Å². The van der Waals surface area contributed by atoms with Crippen molar-refractivity contribution in [1.29, 1.82) is 0 Å². The Morgan fingerprint density at radius 2 is 1.88 bits per heavy atom. The molecule has 174 valence electrons. The van der Waals surface area contributed by atoms with Gasteiger partial charge in [-0.05, 0) is 68.6 Å². The molecule has 0 radical (unpaired) electrons. The van der Waals surface area contributed by atoms with E-state index in [-0.39, 0.29) is 23.1 Å². The highest BCUT2D eigenvalue weighted by atomic mass is 16.2. The lowest BCUT2D eigenvalue weighted by Gasteiger charge is -2.43. The monoisotopic (exact) mass is 448 g/mol. The van der Waals surface area contributed by atoms with Crippen molar-refractivity contribution in [3.05, 3.63) is 58.6 Å². The van der Waals surface area contributed by atoms with Crippen molar-refractivity contribution in [1.82, 2.24) is 24.3 Å². The van der Waals surface area contributed by atoms with Crippen molar-refractivity contribution in [2.45, 2.75) is 45.2 Å². The summed E-state index contributed by atoms with van der Waals surface area (Å²) in [7, 11) is 0. The van der Waals surface area contributed by atoms with E-state index in [1.165, 1.54) is 0 Å². The normalized spacial score (nSPS) is 19.7. The molecule has 5 rings (SSSR count). The second-order valence-electron chi connectivity index (χ2n) is 9.77. The second kappa shape index (κ2) is 8.67. The van der Waals surface area contributed by atoms with Crippen molar-refractivity contribution in [3.8, 4) is 0 Å². The number of carbonyl (C=O) groups excluding carboxylic acids is 1. The third-order valence-electron chi connectivity index (χ3n) is 7.47. The number of H-pyrrole nitrogens is 1. The van der Waals surface area contributed by atoms with Gasteiger partial charge in [-0.3, -0.25) is 14.3 Å². The summed E-state index contributed by atoms with van der Waals surface area (Å²) < 4.78 is 1.88. The minimum atomic E-state index is -0.321. The fraction of sp³-hybridized carbons (Fsp3) is 0.480. The fourth-order valence-electron chi connectivity index (χ4n) is 5.42. The van der Waals surface area contributed by atoms with E-state index in [9.17, 15) is 9.59 Å². The van der Waals surface area contributed by atoms with E-state index < -0.39 is 0 Å². The van der Waals surface area contributed by atoms with Gasteiger partial charge in [-0.1, -0.05) is 19.1 Å². The number of rotatable bonds is 4. The number of hydrogen-bond acceptors (Lipinski definition) is 5. The molecule has 1 aromatic carbocycles. The number of imidazole rings is 1. The number of aromatic amines is 1. The molecule has 2 fully saturated rings. The Morgan fingerprint density at radius 3 is 2.61 bits per heavy atom. The van der Waals surface area contributed by atoms with E-state index in [0.29, 0.717) is 18.9 Å². The number of likely N-dealkylation sites (tertiary alicyclic amines) is 2. The smallest absolute Gasteiger partial charge is 0.326 e. The minimum Gasteiger partial charge on any atom is -0.384 e. The van der Waals surface area contributed by atoms with Gasteiger partial charge in [0.25, 0.3) is 0 Å². The van der Waals surface area contributed by atoms with Crippen LogP contribution in [0.15, 0.2) is 47.4 Å². The molecule has 0 aliphatic carbocycles. The van der Waals surface area contributed by atoms with Crippen LogP contribution in [0.5, 0.6) is 0 Å². The van der Waals surface area contributed by atoms with Crippen LogP contribution in [0.4, 0.5) is 5.82 Å². The number of pyridine rings is 1. The Kier molecular flexibility index (Phi) is 5.70. The molecule has 33 heavy (non-hydrogen) atoms. The molecule has 0 spiro atoms. The van der Waals surface area contributed by atoms with Gasteiger partial charge in [-0.25, -0.2) is 9.78 Å². The molecule has 2 saturated heterocycles. The summed E-state index contributed by atoms with van der Waals surface area (Å²) in [6.45, 7) is 6.14. The molecule has 2 aromatic heterocycles. The molecule has 0 atom stereocenters. The number of piperidine rings is 2. The SMILES string of the molecule is CC1(C(=O)N2CCC(n3c(=O)[nH]c4ccccc43)CC2)CCN(Cc2ccnc(N)c2)CC1. The summed E-state index contributed by atoms with van der Waals surface area (Å²) in [5.74, 6) is 0.808. The van der Waals surface area contributed by atoms with Gasteiger partial charge in [-0.2, -0.15) is 0 Å². The Balaban J connectivity index is 1.19. The van der Waals surface area contributed by atoms with Crippen molar-refractivity contribution >= 4 is 22.8 Å². The maximum Gasteiger partial charge on any atom is 0.326 e. The van der Waals surface area contributed by atoms with Gasteiger partial charge in [-0.15, -0.1) is 0 Å². The molecular weight excluding hydrogens is 416 g/mol. The summed E-state index contributed by atoms with van der Waals surface area (Å²) >= 11 is 0.